The minimum Gasteiger partial charge on any atom is -0.466 e. The van der Waals surface area contributed by atoms with Crippen LogP contribution >= 0.6 is 0 Å². The van der Waals surface area contributed by atoms with Crippen LogP contribution in [0.1, 0.15) is 91.9 Å². The van der Waals surface area contributed by atoms with Crippen molar-refractivity contribution in [1.29, 1.82) is 0 Å². The average molecular weight is 391 g/mol. The van der Waals surface area contributed by atoms with E-state index in [1.54, 1.807) is 6.08 Å². The van der Waals surface area contributed by atoms with E-state index in [4.69, 9.17) is 4.74 Å². The van der Waals surface area contributed by atoms with Gasteiger partial charge in [-0.25, -0.2) is 4.79 Å². The molecule has 1 unspecified atom stereocenters. The Hall–Kier alpha value is -0.830. The smallest absolute Gasteiger partial charge is 0.330 e. The van der Waals surface area contributed by atoms with Crippen molar-refractivity contribution in [1.82, 2.24) is 0 Å². The fourth-order valence-corrected chi connectivity index (χ4v) is 6.94. The highest BCUT2D eigenvalue weighted by Gasteiger charge is 2.50. The largest absolute Gasteiger partial charge is 0.466 e. The highest BCUT2D eigenvalue weighted by atomic mass is 16.5. The molecule has 0 saturated heterocycles. The molecular formula is C25H42O3. The molecule has 3 heteroatoms. The fraction of sp³-hybridized carbons (Fsp3) is 0.880. The Morgan fingerprint density at radius 3 is 2.39 bits per heavy atom. The van der Waals surface area contributed by atoms with Crippen LogP contribution in [-0.4, -0.2) is 23.8 Å². The van der Waals surface area contributed by atoms with Crippen LogP contribution in [0.2, 0.25) is 0 Å². The molecule has 0 aliphatic heterocycles. The third kappa shape index (κ3) is 4.20. The molecule has 0 aromatic rings. The first-order valence-electron chi connectivity index (χ1n) is 11.6. The highest BCUT2D eigenvalue weighted by Crippen LogP contribution is 2.58. The molecule has 0 spiro atoms. The van der Waals surface area contributed by atoms with E-state index in [9.17, 15) is 9.90 Å². The Kier molecular flexibility index (Phi) is 6.35. The van der Waals surface area contributed by atoms with Crippen LogP contribution in [0.15, 0.2) is 12.2 Å². The Labute approximate surface area is 172 Å². The van der Waals surface area contributed by atoms with Crippen LogP contribution in [0.25, 0.3) is 0 Å². The summed E-state index contributed by atoms with van der Waals surface area (Å²) in [6.07, 6.45) is 15.7. The zero-order chi connectivity index (χ0) is 20.6. The summed E-state index contributed by atoms with van der Waals surface area (Å²) in [7, 11) is 1.45. The monoisotopic (exact) mass is 390 g/mol. The van der Waals surface area contributed by atoms with Crippen LogP contribution in [-0.2, 0) is 9.53 Å². The molecule has 0 heterocycles. The molecule has 0 bridgehead atoms. The third-order valence-corrected chi connectivity index (χ3v) is 9.44. The van der Waals surface area contributed by atoms with Gasteiger partial charge in [-0.2, -0.15) is 0 Å². The number of allylic oxidation sites excluding steroid dienone is 1. The van der Waals surface area contributed by atoms with Gasteiger partial charge in [-0.3, -0.25) is 0 Å². The standard InChI is InChI=1S/C25H42O3/c1-18-13-14-25(4)19(9-10-20(25)11-12-22(26)28-5)7-6-8-21-17-23(2,27)15-16-24(18,21)3/h11-12,18-21,27H,6-10,13-17H2,1-5H3/b12-11+/t18-,19-,20-,21+,23+,24?,25+/m1/s1. The maximum Gasteiger partial charge on any atom is 0.330 e. The first kappa shape index (κ1) is 21.9. The van der Waals surface area contributed by atoms with Gasteiger partial charge in [0.25, 0.3) is 0 Å². The topological polar surface area (TPSA) is 46.5 Å². The van der Waals surface area contributed by atoms with Gasteiger partial charge in [0, 0.05) is 6.08 Å². The molecule has 3 aliphatic rings. The number of fused-ring (bicyclic) bond motifs is 2. The lowest BCUT2D eigenvalue weighted by molar-refractivity contribution is -0.134. The highest BCUT2D eigenvalue weighted by molar-refractivity contribution is 5.81. The minimum atomic E-state index is -0.473. The van der Waals surface area contributed by atoms with E-state index in [0.29, 0.717) is 28.6 Å². The van der Waals surface area contributed by atoms with E-state index in [1.807, 2.05) is 6.92 Å². The number of aliphatic hydroxyl groups is 1. The number of esters is 1. The number of ether oxygens (including phenoxy) is 1. The van der Waals surface area contributed by atoms with Crippen LogP contribution in [0.4, 0.5) is 0 Å². The van der Waals surface area contributed by atoms with Gasteiger partial charge in [0.2, 0.25) is 0 Å². The SMILES string of the molecule is COC(=O)/C=C/[C@H]1CC[C@H]2CCC[C@H]3C[C@@](C)(O)CCC3(C)[C@H](C)CC[C@@]21C. The van der Waals surface area contributed by atoms with Gasteiger partial charge in [-0.1, -0.05) is 33.3 Å². The lowest BCUT2D eigenvalue weighted by atomic mass is 9.54. The quantitative estimate of drug-likeness (QED) is 0.471. The molecule has 3 fully saturated rings. The van der Waals surface area contributed by atoms with E-state index in [1.165, 1.54) is 52.1 Å². The number of hydrogen-bond donors (Lipinski definition) is 1. The predicted octanol–water partition coefficient (Wildman–Crippen LogP) is 5.91. The third-order valence-electron chi connectivity index (χ3n) is 9.44. The Morgan fingerprint density at radius 1 is 0.964 bits per heavy atom. The molecule has 0 aromatic heterocycles. The zero-order valence-corrected chi connectivity index (χ0v) is 18.8. The summed E-state index contributed by atoms with van der Waals surface area (Å²) in [5, 5.41) is 10.7. The van der Waals surface area contributed by atoms with E-state index in [-0.39, 0.29) is 5.97 Å². The maximum atomic E-state index is 11.6. The van der Waals surface area contributed by atoms with Crippen molar-refractivity contribution in [3.63, 3.8) is 0 Å². The molecule has 0 radical (unpaired) electrons. The van der Waals surface area contributed by atoms with E-state index in [2.05, 4.69) is 26.8 Å². The number of methoxy groups -OCH3 is 1. The normalized spacial score (nSPS) is 47.4. The minimum absolute atomic E-state index is 0.232. The Morgan fingerprint density at radius 2 is 1.68 bits per heavy atom. The van der Waals surface area contributed by atoms with Crippen molar-refractivity contribution < 1.29 is 14.6 Å². The van der Waals surface area contributed by atoms with Gasteiger partial charge < -0.3 is 9.84 Å². The van der Waals surface area contributed by atoms with E-state index in [0.717, 1.165) is 25.2 Å². The van der Waals surface area contributed by atoms with Gasteiger partial charge in [-0.05, 0) is 99.2 Å². The number of hydrogen-bond acceptors (Lipinski definition) is 3. The number of rotatable bonds is 2. The summed E-state index contributed by atoms with van der Waals surface area (Å²) in [6.45, 7) is 9.49. The molecule has 1 N–H and O–H groups in total. The van der Waals surface area contributed by atoms with Crippen LogP contribution in [0, 0.1) is 34.5 Å². The Balaban J connectivity index is 1.79. The summed E-state index contributed by atoms with van der Waals surface area (Å²) < 4.78 is 4.82. The zero-order valence-electron chi connectivity index (χ0n) is 18.8. The molecule has 0 aromatic carbocycles. The molecule has 3 aliphatic carbocycles. The van der Waals surface area contributed by atoms with Gasteiger partial charge >= 0.3 is 5.97 Å². The lowest BCUT2D eigenvalue weighted by Gasteiger charge is -2.52. The summed E-state index contributed by atoms with van der Waals surface area (Å²) in [5.41, 5.74) is 0.170. The molecular weight excluding hydrogens is 348 g/mol. The molecule has 3 rings (SSSR count). The summed E-state index contributed by atoms with van der Waals surface area (Å²) >= 11 is 0. The summed E-state index contributed by atoms with van der Waals surface area (Å²) in [6, 6.07) is 0. The first-order chi connectivity index (χ1) is 13.1. The first-order valence-corrected chi connectivity index (χ1v) is 11.6. The predicted molar refractivity (Wildman–Crippen MR) is 114 cm³/mol. The second-order valence-corrected chi connectivity index (χ2v) is 11.0. The van der Waals surface area contributed by atoms with Crippen molar-refractivity contribution in [3.8, 4) is 0 Å². The van der Waals surface area contributed by atoms with Gasteiger partial charge in [0.1, 0.15) is 0 Å². The van der Waals surface area contributed by atoms with Crippen molar-refractivity contribution >= 4 is 5.97 Å². The summed E-state index contributed by atoms with van der Waals surface area (Å²) in [5.74, 6) is 2.33. The van der Waals surface area contributed by atoms with Gasteiger partial charge in [0.15, 0.2) is 0 Å². The second kappa shape index (κ2) is 8.13. The summed E-state index contributed by atoms with van der Waals surface area (Å²) in [4.78, 5) is 11.6. The van der Waals surface area contributed by atoms with Crippen molar-refractivity contribution in [2.75, 3.05) is 7.11 Å². The Bertz CT molecular complexity index is 595. The maximum absolute atomic E-state index is 11.6. The van der Waals surface area contributed by atoms with Gasteiger partial charge in [-0.15, -0.1) is 0 Å². The van der Waals surface area contributed by atoms with Crippen molar-refractivity contribution in [2.45, 2.75) is 97.5 Å². The van der Waals surface area contributed by atoms with Crippen LogP contribution < -0.4 is 0 Å². The number of carbonyl (C=O) groups excluding carboxylic acids is 1. The average Bonchev–Trinajstić information content (AvgIpc) is 2.96. The molecule has 3 nitrogen and oxygen atoms in total. The molecule has 0 amide bonds. The molecule has 3 saturated carbocycles. The second-order valence-electron chi connectivity index (χ2n) is 11.0. The number of carbonyl (C=O) groups is 1. The van der Waals surface area contributed by atoms with Crippen molar-refractivity contribution in [2.24, 2.45) is 34.5 Å². The lowest BCUT2D eigenvalue weighted by Crippen LogP contribution is -2.46. The molecule has 28 heavy (non-hydrogen) atoms. The molecule has 160 valence electrons. The van der Waals surface area contributed by atoms with Gasteiger partial charge in [0.05, 0.1) is 12.7 Å². The molecule has 7 atom stereocenters. The van der Waals surface area contributed by atoms with E-state index < -0.39 is 5.60 Å². The van der Waals surface area contributed by atoms with Crippen LogP contribution in [0.3, 0.4) is 0 Å². The van der Waals surface area contributed by atoms with Crippen molar-refractivity contribution in [3.05, 3.63) is 12.2 Å². The fourth-order valence-electron chi connectivity index (χ4n) is 6.94. The van der Waals surface area contributed by atoms with Crippen LogP contribution in [0.5, 0.6) is 0 Å². The van der Waals surface area contributed by atoms with E-state index >= 15 is 0 Å².